The average Bonchev–Trinajstić information content (AvgIpc) is 2.45. The Hall–Kier alpha value is -2.14. The van der Waals surface area contributed by atoms with Crippen molar-refractivity contribution in [3.63, 3.8) is 0 Å². The second kappa shape index (κ2) is 7.04. The van der Waals surface area contributed by atoms with Gasteiger partial charge < -0.3 is 4.90 Å². The van der Waals surface area contributed by atoms with Gasteiger partial charge in [-0.15, -0.1) is 0 Å². The van der Waals surface area contributed by atoms with Gasteiger partial charge in [0, 0.05) is 19.5 Å². The molecule has 0 radical (unpaired) electrons. The second-order valence-corrected chi connectivity index (χ2v) is 4.90. The molecule has 1 heterocycles. The number of pyridine rings is 1. The number of nitrogens with zero attached hydrogens (tertiary/aromatic N) is 2. The van der Waals surface area contributed by atoms with Gasteiger partial charge in [0.25, 0.3) is 0 Å². The van der Waals surface area contributed by atoms with Crippen molar-refractivity contribution in [3.05, 3.63) is 65.5 Å². The Labute approximate surface area is 122 Å². The molecule has 2 aromatic rings. The predicted octanol–water partition coefficient (Wildman–Crippen LogP) is 3.06. The molecule has 0 N–H and O–H groups in total. The van der Waals surface area contributed by atoms with E-state index in [0.29, 0.717) is 13.1 Å². The summed E-state index contributed by atoms with van der Waals surface area (Å²) < 4.78 is 25.8. The third-order valence-corrected chi connectivity index (χ3v) is 3.08. The molecular weight excluding hydrogens is 274 g/mol. The van der Waals surface area contributed by atoms with Gasteiger partial charge in [-0.3, -0.25) is 9.78 Å². The van der Waals surface area contributed by atoms with Crippen molar-refractivity contribution in [2.24, 2.45) is 0 Å². The largest absolute Gasteiger partial charge is 0.302 e. The van der Waals surface area contributed by atoms with E-state index in [4.69, 9.17) is 0 Å². The molecule has 0 unspecified atom stereocenters. The molecule has 110 valence electrons. The first kappa shape index (κ1) is 15.3. The van der Waals surface area contributed by atoms with Gasteiger partial charge in [0.05, 0.1) is 6.20 Å². The molecule has 1 aromatic heterocycles. The van der Waals surface area contributed by atoms with E-state index in [-0.39, 0.29) is 23.7 Å². The number of carbonyl (C=O) groups is 1. The predicted molar refractivity (Wildman–Crippen MR) is 75.9 cm³/mol. The smallest absolute Gasteiger partial charge is 0.182 e. The molecule has 0 aliphatic carbocycles. The summed E-state index contributed by atoms with van der Waals surface area (Å²) in [4.78, 5) is 17.6. The number of rotatable bonds is 6. The summed E-state index contributed by atoms with van der Waals surface area (Å²) in [6.45, 7) is 1.08. The Morgan fingerprint density at radius 2 is 2.00 bits per heavy atom. The minimum absolute atomic E-state index is 0.138. The topological polar surface area (TPSA) is 33.2 Å². The first-order valence-electron chi connectivity index (χ1n) is 6.62. The zero-order chi connectivity index (χ0) is 15.2. The molecule has 0 spiro atoms. The molecule has 0 bridgehead atoms. The number of Topliss-reactive ketones (excluding diaryl/α,β-unsaturated/α-hetero) is 1. The van der Waals surface area contributed by atoms with Crippen LogP contribution in [0, 0.1) is 11.6 Å². The summed E-state index contributed by atoms with van der Waals surface area (Å²) >= 11 is 0. The third-order valence-electron chi connectivity index (χ3n) is 3.08. The van der Waals surface area contributed by atoms with E-state index < -0.39 is 5.82 Å². The fourth-order valence-electron chi connectivity index (χ4n) is 1.99. The lowest BCUT2D eigenvalue weighted by molar-refractivity contribution is 0.0963. The van der Waals surface area contributed by atoms with E-state index in [0.717, 1.165) is 11.8 Å². The van der Waals surface area contributed by atoms with E-state index in [9.17, 15) is 13.6 Å². The highest BCUT2D eigenvalue weighted by molar-refractivity contribution is 5.94. The van der Waals surface area contributed by atoms with Crippen molar-refractivity contribution in [2.75, 3.05) is 13.6 Å². The van der Waals surface area contributed by atoms with Crippen LogP contribution in [0.2, 0.25) is 0 Å². The summed E-state index contributed by atoms with van der Waals surface area (Å²) in [7, 11) is 1.86. The van der Waals surface area contributed by atoms with E-state index in [1.807, 2.05) is 18.0 Å². The molecule has 3 nitrogen and oxygen atoms in total. The van der Waals surface area contributed by atoms with Crippen molar-refractivity contribution >= 4 is 5.78 Å². The van der Waals surface area contributed by atoms with Gasteiger partial charge in [-0.2, -0.15) is 0 Å². The van der Waals surface area contributed by atoms with Crippen LogP contribution < -0.4 is 0 Å². The third kappa shape index (κ3) is 4.72. The number of carbonyl (C=O) groups excluding carboxylic acids is 1. The van der Waals surface area contributed by atoms with Crippen LogP contribution in [0.1, 0.15) is 22.5 Å². The summed E-state index contributed by atoms with van der Waals surface area (Å²) in [6.07, 6.45) is 1.31. The fourth-order valence-corrected chi connectivity index (χ4v) is 1.99. The van der Waals surface area contributed by atoms with E-state index >= 15 is 0 Å². The quantitative estimate of drug-likeness (QED) is 0.767. The zero-order valence-corrected chi connectivity index (χ0v) is 11.7. The molecule has 0 amide bonds. The SMILES string of the molecule is CN(CCC(=O)c1ccc(F)cn1)Cc1cccc(F)c1. The summed E-state index contributed by atoms with van der Waals surface area (Å²) in [6, 6.07) is 8.96. The number of aromatic nitrogens is 1. The van der Waals surface area contributed by atoms with Crippen LogP contribution in [0.4, 0.5) is 8.78 Å². The summed E-state index contributed by atoms with van der Waals surface area (Å²) in [5, 5.41) is 0. The van der Waals surface area contributed by atoms with Crippen molar-refractivity contribution < 1.29 is 13.6 Å². The summed E-state index contributed by atoms with van der Waals surface area (Å²) in [5.74, 6) is -0.872. The molecule has 2 rings (SSSR count). The highest BCUT2D eigenvalue weighted by Crippen LogP contribution is 2.08. The molecule has 0 aliphatic rings. The van der Waals surface area contributed by atoms with Gasteiger partial charge in [-0.05, 0) is 36.9 Å². The van der Waals surface area contributed by atoms with Gasteiger partial charge in [0.1, 0.15) is 17.3 Å². The molecule has 21 heavy (non-hydrogen) atoms. The first-order chi connectivity index (χ1) is 10.0. The van der Waals surface area contributed by atoms with Crippen molar-refractivity contribution in [2.45, 2.75) is 13.0 Å². The Morgan fingerprint density at radius 3 is 2.67 bits per heavy atom. The maximum atomic E-state index is 13.1. The van der Waals surface area contributed by atoms with Crippen LogP contribution in [-0.2, 0) is 6.54 Å². The van der Waals surface area contributed by atoms with Gasteiger partial charge in [0.2, 0.25) is 0 Å². The highest BCUT2D eigenvalue weighted by Gasteiger charge is 2.09. The first-order valence-corrected chi connectivity index (χ1v) is 6.62. The molecule has 0 saturated heterocycles. The van der Waals surface area contributed by atoms with Crippen LogP contribution in [0.15, 0.2) is 42.6 Å². The van der Waals surface area contributed by atoms with Gasteiger partial charge in [0.15, 0.2) is 5.78 Å². The monoisotopic (exact) mass is 290 g/mol. The lowest BCUT2D eigenvalue weighted by Crippen LogP contribution is -2.21. The number of hydrogen-bond acceptors (Lipinski definition) is 3. The molecule has 0 fully saturated rings. The van der Waals surface area contributed by atoms with Crippen LogP contribution in [0.5, 0.6) is 0 Å². The van der Waals surface area contributed by atoms with Crippen LogP contribution in [0.25, 0.3) is 0 Å². The molecule has 0 aliphatic heterocycles. The second-order valence-electron chi connectivity index (χ2n) is 4.90. The van der Waals surface area contributed by atoms with Crippen LogP contribution >= 0.6 is 0 Å². The Morgan fingerprint density at radius 1 is 1.19 bits per heavy atom. The van der Waals surface area contributed by atoms with Gasteiger partial charge >= 0.3 is 0 Å². The van der Waals surface area contributed by atoms with Gasteiger partial charge in [-0.25, -0.2) is 8.78 Å². The minimum Gasteiger partial charge on any atom is -0.302 e. The lowest BCUT2D eigenvalue weighted by atomic mass is 10.1. The van der Waals surface area contributed by atoms with E-state index in [1.165, 1.54) is 24.3 Å². The standard InChI is InChI=1S/C16H16F2N2O/c1-20(11-12-3-2-4-13(17)9-12)8-7-16(21)15-6-5-14(18)10-19-15/h2-6,9-10H,7-8,11H2,1H3. The molecule has 5 heteroatoms. The number of benzene rings is 1. The Kier molecular flexibility index (Phi) is 5.11. The van der Waals surface area contributed by atoms with Crippen molar-refractivity contribution in [1.29, 1.82) is 0 Å². The van der Waals surface area contributed by atoms with E-state index in [1.54, 1.807) is 6.07 Å². The molecular formula is C16H16F2N2O. The highest BCUT2D eigenvalue weighted by atomic mass is 19.1. The average molecular weight is 290 g/mol. The fraction of sp³-hybridized carbons (Fsp3) is 0.250. The Bertz CT molecular complexity index is 614. The summed E-state index contributed by atoms with van der Waals surface area (Å²) in [5.41, 5.74) is 1.11. The lowest BCUT2D eigenvalue weighted by Gasteiger charge is -2.16. The molecule has 1 aromatic carbocycles. The maximum Gasteiger partial charge on any atom is 0.182 e. The number of ketones is 1. The normalized spacial score (nSPS) is 10.9. The number of hydrogen-bond donors (Lipinski definition) is 0. The van der Waals surface area contributed by atoms with Crippen molar-refractivity contribution in [1.82, 2.24) is 9.88 Å². The number of halogens is 2. The molecule has 0 saturated carbocycles. The minimum atomic E-state index is -0.463. The molecule has 0 atom stereocenters. The van der Waals surface area contributed by atoms with Crippen LogP contribution in [0.3, 0.4) is 0 Å². The maximum absolute atomic E-state index is 13.1. The Balaban J connectivity index is 1.84. The van der Waals surface area contributed by atoms with E-state index in [2.05, 4.69) is 4.98 Å². The zero-order valence-electron chi connectivity index (χ0n) is 11.7. The van der Waals surface area contributed by atoms with Crippen LogP contribution in [-0.4, -0.2) is 29.3 Å². The van der Waals surface area contributed by atoms with Crippen molar-refractivity contribution in [3.8, 4) is 0 Å². The van der Waals surface area contributed by atoms with Gasteiger partial charge in [-0.1, -0.05) is 12.1 Å².